The van der Waals surface area contributed by atoms with Gasteiger partial charge in [-0.25, -0.2) is 4.90 Å². The molecule has 4 unspecified atom stereocenters. The lowest BCUT2D eigenvalue weighted by atomic mass is 9.76. The number of para-hydroxylation sites is 1. The second-order valence-corrected chi connectivity index (χ2v) is 9.91. The number of thioether (sulfide) groups is 1. The molecule has 3 heterocycles. The number of carbonyl (C=O) groups excluding carboxylic acids is 3. The maximum Gasteiger partial charge on any atom is 0.311 e. The normalized spacial score (nSPS) is 26.8. The molecule has 2 N–H and O–H groups in total. The first-order chi connectivity index (χ1) is 16.8. The van der Waals surface area contributed by atoms with Crippen LogP contribution in [0, 0.1) is 28.9 Å². The maximum absolute atomic E-state index is 14.0. The molecular formula is C24H24N4O6S. The van der Waals surface area contributed by atoms with Crippen LogP contribution < -0.4 is 20.3 Å². The quantitative estimate of drug-likeness (QED) is 0.355. The number of imide groups is 1. The van der Waals surface area contributed by atoms with E-state index in [1.165, 1.54) is 19.2 Å². The number of ether oxygens (including phenoxy) is 1. The summed E-state index contributed by atoms with van der Waals surface area (Å²) >= 11 is 1.62. The van der Waals surface area contributed by atoms with Crippen molar-refractivity contribution < 1.29 is 24.0 Å². The van der Waals surface area contributed by atoms with Gasteiger partial charge in [-0.15, -0.1) is 0 Å². The predicted molar refractivity (Wildman–Crippen MR) is 131 cm³/mol. The third kappa shape index (κ3) is 3.18. The monoisotopic (exact) mass is 496 g/mol. The minimum Gasteiger partial charge on any atom is -0.490 e. The van der Waals surface area contributed by atoms with E-state index in [1.807, 2.05) is 6.26 Å². The molecule has 3 amide bonds. The van der Waals surface area contributed by atoms with Crippen LogP contribution in [-0.4, -0.2) is 47.8 Å². The van der Waals surface area contributed by atoms with Gasteiger partial charge in [-0.2, -0.15) is 11.8 Å². The average Bonchev–Trinajstić information content (AvgIpc) is 3.42. The molecule has 1 spiro atoms. The molecule has 4 atom stereocenters. The van der Waals surface area contributed by atoms with E-state index < -0.39 is 40.2 Å². The van der Waals surface area contributed by atoms with Gasteiger partial charge in [-0.3, -0.25) is 29.8 Å². The van der Waals surface area contributed by atoms with Crippen molar-refractivity contribution in [1.82, 2.24) is 5.32 Å². The first kappa shape index (κ1) is 23.3. The molecule has 0 aliphatic carbocycles. The fourth-order valence-corrected chi connectivity index (χ4v) is 6.19. The molecule has 2 aromatic carbocycles. The summed E-state index contributed by atoms with van der Waals surface area (Å²) in [5.41, 5.74) is 0.243. The number of methoxy groups -OCH3 is 1. The number of hydrogen-bond acceptors (Lipinski definition) is 8. The van der Waals surface area contributed by atoms with Crippen LogP contribution >= 0.6 is 11.8 Å². The van der Waals surface area contributed by atoms with Gasteiger partial charge in [0.25, 0.3) is 0 Å². The van der Waals surface area contributed by atoms with Crippen LogP contribution in [0.4, 0.5) is 17.1 Å². The van der Waals surface area contributed by atoms with E-state index in [0.29, 0.717) is 23.2 Å². The van der Waals surface area contributed by atoms with Gasteiger partial charge in [0.2, 0.25) is 17.7 Å². The van der Waals surface area contributed by atoms with Gasteiger partial charge in [-0.1, -0.05) is 18.2 Å². The fraction of sp³-hybridized carbons (Fsp3) is 0.375. The SMILES string of the molecule is COc1cc(N2C(=O)C3C(CCSC)NC4(C(=O)Nc5ccccc54)C3C2=O)c(C)cc1[N+](=O)[O-]. The largest absolute Gasteiger partial charge is 0.490 e. The van der Waals surface area contributed by atoms with E-state index in [-0.39, 0.29) is 23.0 Å². The zero-order chi connectivity index (χ0) is 25.1. The number of amides is 3. The molecular weight excluding hydrogens is 472 g/mol. The second-order valence-electron chi connectivity index (χ2n) is 8.92. The Morgan fingerprint density at radius 2 is 1.94 bits per heavy atom. The number of carbonyl (C=O) groups is 3. The summed E-state index contributed by atoms with van der Waals surface area (Å²) in [7, 11) is 1.29. The Morgan fingerprint density at radius 1 is 1.20 bits per heavy atom. The van der Waals surface area contributed by atoms with Gasteiger partial charge in [0, 0.05) is 29.4 Å². The lowest BCUT2D eigenvalue weighted by molar-refractivity contribution is -0.385. The Kier molecular flexibility index (Phi) is 5.56. The topological polar surface area (TPSA) is 131 Å². The first-order valence-corrected chi connectivity index (χ1v) is 12.5. The van der Waals surface area contributed by atoms with Crippen LogP contribution in [-0.2, 0) is 19.9 Å². The molecule has 0 bridgehead atoms. The highest BCUT2D eigenvalue weighted by Gasteiger charge is 2.70. The minimum absolute atomic E-state index is 0.0519. The summed E-state index contributed by atoms with van der Waals surface area (Å²) in [5.74, 6) is -2.31. The van der Waals surface area contributed by atoms with Gasteiger partial charge in [0.1, 0.15) is 5.54 Å². The lowest BCUT2D eigenvalue weighted by Crippen LogP contribution is -2.53. The minimum atomic E-state index is -1.37. The smallest absolute Gasteiger partial charge is 0.311 e. The van der Waals surface area contributed by atoms with Gasteiger partial charge < -0.3 is 10.1 Å². The molecule has 11 heteroatoms. The number of nitro benzene ring substituents is 1. The molecule has 5 rings (SSSR count). The Labute approximate surface area is 205 Å². The fourth-order valence-electron chi connectivity index (χ4n) is 5.70. The molecule has 10 nitrogen and oxygen atoms in total. The zero-order valence-electron chi connectivity index (χ0n) is 19.4. The third-order valence-corrected chi connectivity index (χ3v) is 7.83. The number of fused-ring (bicyclic) bond motifs is 4. The Balaban J connectivity index is 1.66. The van der Waals surface area contributed by atoms with E-state index in [2.05, 4.69) is 10.6 Å². The molecule has 2 saturated heterocycles. The van der Waals surface area contributed by atoms with Crippen LogP contribution in [0.3, 0.4) is 0 Å². The molecule has 0 aromatic heterocycles. The number of benzene rings is 2. The van der Waals surface area contributed by atoms with E-state index in [9.17, 15) is 24.5 Å². The van der Waals surface area contributed by atoms with Crippen molar-refractivity contribution in [1.29, 1.82) is 0 Å². The summed E-state index contributed by atoms with van der Waals surface area (Å²) in [4.78, 5) is 53.3. The number of nitrogens with zero attached hydrogens (tertiary/aromatic N) is 2. The number of hydrogen-bond donors (Lipinski definition) is 2. The molecule has 3 aliphatic rings. The van der Waals surface area contributed by atoms with E-state index >= 15 is 0 Å². The predicted octanol–water partition coefficient (Wildman–Crippen LogP) is 2.59. The van der Waals surface area contributed by atoms with Gasteiger partial charge >= 0.3 is 5.69 Å². The van der Waals surface area contributed by atoms with E-state index in [1.54, 1.807) is 43.0 Å². The van der Waals surface area contributed by atoms with Gasteiger partial charge in [-0.05, 0) is 37.0 Å². The first-order valence-electron chi connectivity index (χ1n) is 11.1. The third-order valence-electron chi connectivity index (χ3n) is 7.19. The summed E-state index contributed by atoms with van der Waals surface area (Å²) < 4.78 is 5.19. The van der Waals surface area contributed by atoms with Crippen LogP contribution in [0.15, 0.2) is 36.4 Å². The van der Waals surface area contributed by atoms with Crippen LogP contribution in [0.25, 0.3) is 0 Å². The van der Waals surface area contributed by atoms with Crippen molar-refractivity contribution in [3.63, 3.8) is 0 Å². The summed E-state index contributed by atoms with van der Waals surface area (Å²) in [6, 6.07) is 9.43. The molecule has 182 valence electrons. The molecule has 0 saturated carbocycles. The number of nitrogens with one attached hydrogen (secondary N) is 2. The number of aryl methyl sites for hydroxylation is 1. The van der Waals surface area contributed by atoms with Crippen LogP contribution in [0.5, 0.6) is 5.75 Å². The zero-order valence-corrected chi connectivity index (χ0v) is 20.2. The number of nitro groups is 1. The van der Waals surface area contributed by atoms with Crippen molar-refractivity contribution in [3.8, 4) is 5.75 Å². The molecule has 2 fully saturated rings. The van der Waals surface area contributed by atoms with Crippen molar-refractivity contribution >= 4 is 46.5 Å². The molecule has 0 radical (unpaired) electrons. The highest BCUT2D eigenvalue weighted by molar-refractivity contribution is 7.98. The van der Waals surface area contributed by atoms with E-state index in [4.69, 9.17) is 4.74 Å². The maximum atomic E-state index is 14.0. The van der Waals surface area contributed by atoms with Crippen molar-refractivity contribution in [3.05, 3.63) is 57.6 Å². The second kappa shape index (κ2) is 8.35. The highest BCUT2D eigenvalue weighted by Crippen LogP contribution is 2.54. The van der Waals surface area contributed by atoms with E-state index in [0.717, 1.165) is 10.7 Å². The van der Waals surface area contributed by atoms with Gasteiger partial charge in [0.05, 0.1) is 29.6 Å². The van der Waals surface area contributed by atoms with Crippen molar-refractivity contribution in [2.24, 2.45) is 11.8 Å². The van der Waals surface area contributed by atoms with Gasteiger partial charge in [0.15, 0.2) is 5.75 Å². The average molecular weight is 497 g/mol. The summed E-state index contributed by atoms with van der Waals surface area (Å²) in [6.45, 7) is 1.60. The number of rotatable bonds is 6. The Hall–Kier alpha value is -3.44. The standard InChI is InChI=1S/C24H24N4O6S/c1-12-10-17(28(32)33)18(34-2)11-16(12)27-21(29)19-15(8-9-35-3)26-24(20(19)22(27)30)13-6-4-5-7-14(13)25-23(24)31/h4-7,10-11,15,19-20,26H,8-9H2,1-3H3,(H,25,31). The van der Waals surface area contributed by atoms with Crippen LogP contribution in [0.1, 0.15) is 17.5 Å². The summed E-state index contributed by atoms with van der Waals surface area (Å²) in [6.07, 6.45) is 2.55. The molecule has 2 aromatic rings. The lowest BCUT2D eigenvalue weighted by Gasteiger charge is -2.30. The van der Waals surface area contributed by atoms with Crippen molar-refractivity contribution in [2.45, 2.75) is 24.9 Å². The molecule has 35 heavy (non-hydrogen) atoms. The Bertz CT molecular complexity index is 1280. The van der Waals surface area contributed by atoms with Crippen LogP contribution in [0.2, 0.25) is 0 Å². The Morgan fingerprint density at radius 3 is 2.63 bits per heavy atom. The highest BCUT2D eigenvalue weighted by atomic mass is 32.2. The van der Waals surface area contributed by atoms with Crippen molar-refractivity contribution in [2.75, 3.05) is 29.3 Å². The summed E-state index contributed by atoms with van der Waals surface area (Å²) in [5, 5.41) is 17.7. The molecule has 3 aliphatic heterocycles. The number of anilines is 2.